The molecule has 10 heteroatoms. The molecule has 0 fully saturated rings. The molecule has 1 aromatic carbocycles. The van der Waals surface area contributed by atoms with Crippen LogP contribution in [0.4, 0.5) is 5.13 Å². The molecule has 0 unspecified atom stereocenters. The van der Waals surface area contributed by atoms with Gasteiger partial charge in [-0.3, -0.25) is 9.78 Å². The van der Waals surface area contributed by atoms with E-state index in [1.165, 1.54) is 16.9 Å². The molecule has 0 spiro atoms. The Kier molecular flexibility index (Phi) is 6.22. The highest BCUT2D eigenvalue weighted by atomic mass is 32.2. The standard InChI is InChI=1S/C19H16N6O2S2/c26-15(6-7-16-22-17(25-27-16)14-8-10-20-11-9-14)21-18-23-24-19(29-18)28-12-13-4-2-1-3-5-13/h1-5,8-11H,6-7,12H2,(H,21,23,26). The molecule has 1 N–H and O–H groups in total. The van der Waals surface area contributed by atoms with Gasteiger partial charge in [0.1, 0.15) is 0 Å². The van der Waals surface area contributed by atoms with Crippen LogP contribution in [0, 0.1) is 0 Å². The van der Waals surface area contributed by atoms with Crippen molar-refractivity contribution in [2.75, 3.05) is 5.32 Å². The highest BCUT2D eigenvalue weighted by Gasteiger charge is 2.13. The lowest BCUT2D eigenvalue weighted by molar-refractivity contribution is -0.116. The van der Waals surface area contributed by atoms with E-state index >= 15 is 0 Å². The van der Waals surface area contributed by atoms with Crippen molar-refractivity contribution in [1.29, 1.82) is 0 Å². The minimum Gasteiger partial charge on any atom is -0.339 e. The van der Waals surface area contributed by atoms with E-state index in [2.05, 4.69) is 42.8 Å². The number of anilines is 1. The Morgan fingerprint density at radius 3 is 2.76 bits per heavy atom. The Bertz CT molecular complexity index is 1070. The molecule has 0 aliphatic carbocycles. The minimum atomic E-state index is -0.176. The summed E-state index contributed by atoms with van der Waals surface area (Å²) < 4.78 is 6.02. The minimum absolute atomic E-state index is 0.176. The number of amides is 1. The molecule has 3 heterocycles. The van der Waals surface area contributed by atoms with Crippen LogP contribution < -0.4 is 5.32 Å². The maximum atomic E-state index is 12.2. The van der Waals surface area contributed by atoms with Gasteiger partial charge < -0.3 is 9.84 Å². The van der Waals surface area contributed by atoms with Crippen molar-refractivity contribution in [3.8, 4) is 11.4 Å². The second-order valence-electron chi connectivity index (χ2n) is 5.94. The van der Waals surface area contributed by atoms with Gasteiger partial charge in [0.2, 0.25) is 22.8 Å². The molecule has 0 atom stereocenters. The highest BCUT2D eigenvalue weighted by molar-refractivity contribution is 8.00. The molecule has 0 radical (unpaired) electrons. The van der Waals surface area contributed by atoms with E-state index in [-0.39, 0.29) is 12.3 Å². The third-order valence-electron chi connectivity index (χ3n) is 3.83. The third-order valence-corrected chi connectivity index (χ3v) is 5.87. The van der Waals surface area contributed by atoms with Gasteiger partial charge in [0, 0.05) is 36.6 Å². The number of nitrogens with one attached hydrogen (secondary N) is 1. The molecular weight excluding hydrogens is 408 g/mol. The summed E-state index contributed by atoms with van der Waals surface area (Å²) in [5, 5.41) is 15.3. The van der Waals surface area contributed by atoms with Gasteiger partial charge in [-0.15, -0.1) is 10.2 Å². The largest absolute Gasteiger partial charge is 0.339 e. The van der Waals surface area contributed by atoms with Crippen LogP contribution in [0.15, 0.2) is 63.7 Å². The summed E-state index contributed by atoms with van der Waals surface area (Å²) >= 11 is 2.94. The second kappa shape index (κ2) is 9.39. The van der Waals surface area contributed by atoms with E-state index in [1.807, 2.05) is 18.2 Å². The zero-order valence-corrected chi connectivity index (χ0v) is 16.8. The SMILES string of the molecule is O=C(CCc1nc(-c2ccncc2)no1)Nc1nnc(SCc2ccccc2)s1. The second-order valence-corrected chi connectivity index (χ2v) is 8.14. The summed E-state index contributed by atoms with van der Waals surface area (Å²) in [5.41, 5.74) is 2.03. The number of carbonyl (C=O) groups excluding carboxylic acids is 1. The summed E-state index contributed by atoms with van der Waals surface area (Å²) in [6.45, 7) is 0. The van der Waals surface area contributed by atoms with Gasteiger partial charge in [-0.25, -0.2) is 0 Å². The first-order chi connectivity index (χ1) is 14.3. The van der Waals surface area contributed by atoms with Gasteiger partial charge in [-0.1, -0.05) is 58.6 Å². The maximum Gasteiger partial charge on any atom is 0.227 e. The fourth-order valence-electron chi connectivity index (χ4n) is 2.41. The topological polar surface area (TPSA) is 107 Å². The normalized spacial score (nSPS) is 10.8. The maximum absolute atomic E-state index is 12.2. The van der Waals surface area contributed by atoms with E-state index < -0.39 is 0 Å². The summed E-state index contributed by atoms with van der Waals surface area (Å²) in [7, 11) is 0. The van der Waals surface area contributed by atoms with Gasteiger partial charge in [-0.05, 0) is 17.7 Å². The highest BCUT2D eigenvalue weighted by Crippen LogP contribution is 2.28. The van der Waals surface area contributed by atoms with Crippen LogP contribution in [0.25, 0.3) is 11.4 Å². The number of nitrogens with zero attached hydrogens (tertiary/aromatic N) is 5. The molecule has 0 aliphatic heterocycles. The van der Waals surface area contributed by atoms with Crippen molar-refractivity contribution in [2.24, 2.45) is 0 Å². The van der Waals surface area contributed by atoms with E-state index in [0.717, 1.165) is 15.7 Å². The van der Waals surface area contributed by atoms with Gasteiger partial charge in [0.05, 0.1) is 0 Å². The van der Waals surface area contributed by atoms with Gasteiger partial charge >= 0.3 is 0 Å². The molecule has 0 saturated heterocycles. The van der Waals surface area contributed by atoms with Crippen molar-refractivity contribution in [2.45, 2.75) is 22.9 Å². The number of carbonyl (C=O) groups is 1. The summed E-state index contributed by atoms with van der Waals surface area (Å²) in [5.74, 6) is 1.51. The molecule has 4 aromatic rings. The summed E-state index contributed by atoms with van der Waals surface area (Å²) in [6.07, 6.45) is 3.88. The van der Waals surface area contributed by atoms with E-state index in [9.17, 15) is 4.79 Å². The van der Waals surface area contributed by atoms with Crippen molar-refractivity contribution in [3.63, 3.8) is 0 Å². The third kappa shape index (κ3) is 5.46. The van der Waals surface area contributed by atoms with Crippen LogP contribution in [-0.2, 0) is 17.0 Å². The molecule has 146 valence electrons. The zero-order valence-electron chi connectivity index (χ0n) is 15.2. The first-order valence-corrected chi connectivity index (χ1v) is 10.6. The van der Waals surface area contributed by atoms with Crippen molar-refractivity contribution in [1.82, 2.24) is 25.3 Å². The van der Waals surface area contributed by atoms with Crippen LogP contribution in [-0.4, -0.2) is 31.2 Å². The van der Waals surface area contributed by atoms with Crippen molar-refractivity contribution >= 4 is 34.1 Å². The van der Waals surface area contributed by atoms with Gasteiger partial charge in [-0.2, -0.15) is 4.98 Å². The number of benzene rings is 1. The predicted molar refractivity (Wildman–Crippen MR) is 110 cm³/mol. The number of hydrogen-bond acceptors (Lipinski definition) is 9. The van der Waals surface area contributed by atoms with E-state index in [0.29, 0.717) is 23.3 Å². The van der Waals surface area contributed by atoms with E-state index in [4.69, 9.17) is 4.52 Å². The molecule has 0 aliphatic rings. The molecule has 1 amide bonds. The molecule has 0 saturated carbocycles. The average Bonchev–Trinajstić information content (AvgIpc) is 3.42. The fourth-order valence-corrected chi connectivity index (χ4v) is 4.14. The Hall–Kier alpha value is -3.11. The lowest BCUT2D eigenvalue weighted by atomic mass is 10.2. The number of thioether (sulfide) groups is 1. The zero-order chi connectivity index (χ0) is 19.9. The fraction of sp³-hybridized carbons (Fsp3) is 0.158. The first-order valence-electron chi connectivity index (χ1n) is 8.79. The van der Waals surface area contributed by atoms with Crippen molar-refractivity contribution in [3.05, 3.63) is 66.3 Å². The molecule has 4 rings (SSSR count). The monoisotopic (exact) mass is 424 g/mol. The van der Waals surface area contributed by atoms with Gasteiger partial charge in [0.25, 0.3) is 0 Å². The summed E-state index contributed by atoms with van der Waals surface area (Å²) in [6, 6.07) is 13.7. The van der Waals surface area contributed by atoms with Crippen LogP contribution in [0.3, 0.4) is 0 Å². The number of pyridine rings is 1. The van der Waals surface area contributed by atoms with Crippen LogP contribution in [0.5, 0.6) is 0 Å². The lowest BCUT2D eigenvalue weighted by Crippen LogP contribution is -2.12. The molecule has 3 aromatic heterocycles. The predicted octanol–water partition coefficient (Wildman–Crippen LogP) is 3.85. The Balaban J connectivity index is 1.25. The van der Waals surface area contributed by atoms with Crippen LogP contribution in [0.2, 0.25) is 0 Å². The van der Waals surface area contributed by atoms with Gasteiger partial charge in [0.15, 0.2) is 4.34 Å². The number of hydrogen-bond donors (Lipinski definition) is 1. The molecule has 8 nitrogen and oxygen atoms in total. The smallest absolute Gasteiger partial charge is 0.227 e. The Morgan fingerprint density at radius 1 is 1.10 bits per heavy atom. The van der Waals surface area contributed by atoms with Crippen LogP contribution in [0.1, 0.15) is 17.9 Å². The Labute approximate surface area is 174 Å². The van der Waals surface area contributed by atoms with Crippen molar-refractivity contribution < 1.29 is 9.32 Å². The number of aryl methyl sites for hydroxylation is 1. The Morgan fingerprint density at radius 2 is 1.93 bits per heavy atom. The number of aromatic nitrogens is 5. The molecule has 29 heavy (non-hydrogen) atoms. The quantitative estimate of drug-likeness (QED) is 0.336. The summed E-state index contributed by atoms with van der Waals surface area (Å²) in [4.78, 5) is 20.4. The van der Waals surface area contributed by atoms with E-state index in [1.54, 1.807) is 36.3 Å². The molecular formula is C19H16N6O2S2. The molecule has 0 bridgehead atoms. The number of rotatable bonds is 8. The lowest BCUT2D eigenvalue weighted by Gasteiger charge is -1.98. The first kappa shape index (κ1) is 19.2. The van der Waals surface area contributed by atoms with Crippen LogP contribution >= 0.6 is 23.1 Å². The average molecular weight is 425 g/mol.